The van der Waals surface area contributed by atoms with Crippen molar-refractivity contribution in [1.29, 1.82) is 0 Å². The largest absolute Gasteiger partial charge is 0.0822 e. The summed E-state index contributed by atoms with van der Waals surface area (Å²) in [6.45, 7) is 4.66. The smallest absolute Gasteiger partial charge is 0.0197 e. The van der Waals surface area contributed by atoms with E-state index < -0.39 is 0 Å². The molecule has 1 fully saturated rings. The van der Waals surface area contributed by atoms with Crippen molar-refractivity contribution in [1.82, 2.24) is 0 Å². The second-order valence-corrected chi connectivity index (χ2v) is 3.76. The molecule has 0 aliphatic heterocycles. The van der Waals surface area contributed by atoms with Crippen molar-refractivity contribution in [2.45, 2.75) is 26.7 Å². The predicted molar refractivity (Wildman–Crippen MR) is 39.1 cm³/mol. The van der Waals surface area contributed by atoms with Crippen molar-refractivity contribution >= 4 is 0 Å². The van der Waals surface area contributed by atoms with Crippen LogP contribution in [0, 0.1) is 17.8 Å². The third-order valence-electron chi connectivity index (χ3n) is 2.76. The lowest BCUT2D eigenvalue weighted by Gasteiger charge is -2.15. The Balaban J connectivity index is 2.16. The Morgan fingerprint density at radius 3 is 3.00 bits per heavy atom. The predicted octanol–water partition coefficient (Wildman–Crippen LogP) is 2.61. The number of allylic oxidation sites excluding steroid dienone is 2. The van der Waals surface area contributed by atoms with E-state index in [1.165, 1.54) is 12.8 Å². The average molecular weight is 122 g/mol. The van der Waals surface area contributed by atoms with Crippen molar-refractivity contribution in [3.8, 4) is 0 Å². The van der Waals surface area contributed by atoms with Crippen LogP contribution in [-0.2, 0) is 0 Å². The molecule has 0 aromatic rings. The zero-order valence-electron chi connectivity index (χ0n) is 6.22. The molecule has 0 radical (unpaired) electrons. The summed E-state index contributed by atoms with van der Waals surface area (Å²) in [4.78, 5) is 0. The molecule has 3 atom stereocenters. The normalized spacial score (nSPS) is 47.8. The molecule has 9 heavy (non-hydrogen) atoms. The molecule has 0 heterocycles. The van der Waals surface area contributed by atoms with E-state index >= 15 is 0 Å². The summed E-state index contributed by atoms with van der Waals surface area (Å²) >= 11 is 0. The first kappa shape index (κ1) is 5.52. The van der Waals surface area contributed by atoms with Crippen LogP contribution in [-0.4, -0.2) is 0 Å². The van der Waals surface area contributed by atoms with Crippen LogP contribution < -0.4 is 0 Å². The fourth-order valence-electron chi connectivity index (χ4n) is 2.17. The first-order chi connectivity index (χ1) is 4.27. The summed E-state index contributed by atoms with van der Waals surface area (Å²) in [6.07, 6.45) is 5.32. The fourth-order valence-corrected chi connectivity index (χ4v) is 2.17. The molecule has 1 saturated carbocycles. The first-order valence-corrected chi connectivity index (χ1v) is 3.94. The quantitative estimate of drug-likeness (QED) is 0.433. The van der Waals surface area contributed by atoms with Gasteiger partial charge in [-0.25, -0.2) is 0 Å². The topological polar surface area (TPSA) is 0 Å². The Kier molecular flexibility index (Phi) is 0.992. The Hall–Kier alpha value is -0.260. The Labute approximate surface area is 57.0 Å². The molecule has 0 spiro atoms. The Morgan fingerprint density at radius 2 is 2.33 bits per heavy atom. The molecule has 0 aromatic carbocycles. The van der Waals surface area contributed by atoms with E-state index in [9.17, 15) is 0 Å². The highest BCUT2D eigenvalue weighted by molar-refractivity contribution is 5.15. The Morgan fingerprint density at radius 1 is 1.56 bits per heavy atom. The molecule has 0 saturated heterocycles. The summed E-state index contributed by atoms with van der Waals surface area (Å²) in [7, 11) is 0. The maximum absolute atomic E-state index is 2.48. The number of hydrogen-bond acceptors (Lipinski definition) is 0. The van der Waals surface area contributed by atoms with E-state index in [4.69, 9.17) is 0 Å². The highest BCUT2D eigenvalue weighted by atomic mass is 14.5. The van der Waals surface area contributed by atoms with Crippen LogP contribution in [0.15, 0.2) is 11.6 Å². The second-order valence-electron chi connectivity index (χ2n) is 3.76. The molecule has 0 amide bonds. The van der Waals surface area contributed by atoms with Crippen LogP contribution in [0.4, 0.5) is 0 Å². The monoisotopic (exact) mass is 122 g/mol. The van der Waals surface area contributed by atoms with E-state index in [1.807, 2.05) is 0 Å². The summed E-state index contributed by atoms with van der Waals surface area (Å²) in [5.74, 6) is 3.06. The van der Waals surface area contributed by atoms with Crippen molar-refractivity contribution in [3.63, 3.8) is 0 Å². The van der Waals surface area contributed by atoms with Crippen LogP contribution in [0.3, 0.4) is 0 Å². The molecular weight excluding hydrogens is 108 g/mol. The lowest BCUT2D eigenvalue weighted by atomic mass is 9.91. The van der Waals surface area contributed by atoms with Gasteiger partial charge in [0.2, 0.25) is 0 Å². The van der Waals surface area contributed by atoms with Gasteiger partial charge in [-0.3, -0.25) is 0 Å². The van der Waals surface area contributed by atoms with Gasteiger partial charge in [-0.1, -0.05) is 18.6 Å². The molecule has 0 heteroatoms. The van der Waals surface area contributed by atoms with Gasteiger partial charge in [0.05, 0.1) is 0 Å². The van der Waals surface area contributed by atoms with Crippen molar-refractivity contribution in [2.24, 2.45) is 17.8 Å². The lowest BCUT2D eigenvalue weighted by Crippen LogP contribution is -2.03. The minimum atomic E-state index is 0.986. The second kappa shape index (κ2) is 1.62. The number of rotatable bonds is 0. The third-order valence-corrected chi connectivity index (χ3v) is 2.76. The van der Waals surface area contributed by atoms with Gasteiger partial charge in [0.25, 0.3) is 0 Å². The molecule has 2 aliphatic rings. The van der Waals surface area contributed by atoms with Gasteiger partial charge >= 0.3 is 0 Å². The van der Waals surface area contributed by atoms with Gasteiger partial charge in [0.1, 0.15) is 0 Å². The summed E-state index contributed by atoms with van der Waals surface area (Å²) < 4.78 is 0. The van der Waals surface area contributed by atoms with Crippen LogP contribution >= 0.6 is 0 Å². The lowest BCUT2D eigenvalue weighted by molar-refractivity contribution is 0.470. The molecule has 2 aliphatic carbocycles. The van der Waals surface area contributed by atoms with E-state index in [1.54, 1.807) is 5.57 Å². The maximum atomic E-state index is 2.48. The van der Waals surface area contributed by atoms with Gasteiger partial charge in [0, 0.05) is 0 Å². The fraction of sp³-hybridized carbons (Fsp3) is 0.778. The van der Waals surface area contributed by atoms with Crippen molar-refractivity contribution < 1.29 is 0 Å². The molecule has 2 rings (SSSR count). The minimum absolute atomic E-state index is 0.986. The minimum Gasteiger partial charge on any atom is -0.0822 e. The number of hydrogen-bond donors (Lipinski definition) is 0. The molecule has 50 valence electrons. The highest BCUT2D eigenvalue weighted by Gasteiger charge is 2.41. The van der Waals surface area contributed by atoms with Crippen molar-refractivity contribution in [2.75, 3.05) is 0 Å². The standard InChI is InChI=1S/C9H14/c1-6-3-7(2)9-5-8(9)4-6/h4,7-9H,3,5H2,1-2H3/t7-,8-,9-/m1/s1. The maximum Gasteiger partial charge on any atom is -0.0197 e. The molecule has 0 unspecified atom stereocenters. The molecule has 0 nitrogen and oxygen atoms in total. The summed E-state index contributed by atoms with van der Waals surface area (Å²) in [5, 5.41) is 0. The van der Waals surface area contributed by atoms with E-state index in [-0.39, 0.29) is 0 Å². The van der Waals surface area contributed by atoms with E-state index in [2.05, 4.69) is 19.9 Å². The van der Waals surface area contributed by atoms with Crippen LogP contribution in [0.5, 0.6) is 0 Å². The first-order valence-electron chi connectivity index (χ1n) is 3.94. The highest BCUT2D eigenvalue weighted by Crippen LogP contribution is 2.50. The van der Waals surface area contributed by atoms with Crippen LogP contribution in [0.25, 0.3) is 0 Å². The van der Waals surface area contributed by atoms with E-state index in [0.717, 1.165) is 17.8 Å². The van der Waals surface area contributed by atoms with Gasteiger partial charge in [-0.2, -0.15) is 0 Å². The molecule has 0 N–H and O–H groups in total. The van der Waals surface area contributed by atoms with Crippen LogP contribution in [0.1, 0.15) is 26.7 Å². The van der Waals surface area contributed by atoms with Crippen LogP contribution in [0.2, 0.25) is 0 Å². The van der Waals surface area contributed by atoms with Gasteiger partial charge in [0.15, 0.2) is 0 Å². The third kappa shape index (κ3) is 0.810. The Bertz CT molecular complexity index is 155. The molecular formula is C9H14. The zero-order chi connectivity index (χ0) is 6.43. The van der Waals surface area contributed by atoms with Gasteiger partial charge in [-0.05, 0) is 37.5 Å². The summed E-state index contributed by atoms with van der Waals surface area (Å²) in [6, 6.07) is 0. The summed E-state index contributed by atoms with van der Waals surface area (Å²) in [5.41, 5.74) is 1.63. The molecule has 0 aromatic heterocycles. The van der Waals surface area contributed by atoms with E-state index in [0.29, 0.717) is 0 Å². The van der Waals surface area contributed by atoms with Crippen molar-refractivity contribution in [3.05, 3.63) is 11.6 Å². The van der Waals surface area contributed by atoms with Gasteiger partial charge < -0.3 is 0 Å². The van der Waals surface area contributed by atoms with Gasteiger partial charge in [-0.15, -0.1) is 0 Å². The zero-order valence-corrected chi connectivity index (χ0v) is 6.22. The number of fused-ring (bicyclic) bond motifs is 1. The molecule has 0 bridgehead atoms. The average Bonchev–Trinajstić information content (AvgIpc) is 2.43. The SMILES string of the molecule is CC1=C[C@@H]2C[C@@H]2[C@H](C)C1.